The van der Waals surface area contributed by atoms with Crippen LogP contribution in [-0.4, -0.2) is 25.0 Å². The lowest BCUT2D eigenvalue weighted by molar-refractivity contribution is -0.129. The first-order valence-corrected chi connectivity index (χ1v) is 9.62. The third-order valence-electron chi connectivity index (χ3n) is 4.27. The molecule has 0 atom stereocenters. The molecular weight excluding hydrogens is 360 g/mol. The van der Waals surface area contributed by atoms with Crippen LogP contribution in [0.15, 0.2) is 59.2 Å². The molecule has 0 aromatic heterocycles. The Balaban J connectivity index is 1.82. The molecule has 0 aliphatic carbocycles. The Hall–Kier alpha value is -2.59. The van der Waals surface area contributed by atoms with Gasteiger partial charge in [0.2, 0.25) is 5.90 Å². The normalized spacial score (nSPS) is 15.0. The number of ether oxygens (including phenoxy) is 1. The summed E-state index contributed by atoms with van der Waals surface area (Å²) >= 11 is 6.16. The van der Waals surface area contributed by atoms with Crippen molar-refractivity contribution in [3.63, 3.8) is 0 Å². The molecule has 1 heterocycles. The van der Waals surface area contributed by atoms with Gasteiger partial charge in [0.15, 0.2) is 5.70 Å². The van der Waals surface area contributed by atoms with Crippen molar-refractivity contribution in [3.05, 3.63) is 70.4 Å². The van der Waals surface area contributed by atoms with E-state index in [1.54, 1.807) is 18.2 Å². The number of cyclic esters (lactones) is 1. The third-order valence-corrected chi connectivity index (χ3v) is 4.60. The molecule has 5 heteroatoms. The lowest BCUT2D eigenvalue weighted by Crippen LogP contribution is -2.24. The van der Waals surface area contributed by atoms with E-state index < -0.39 is 5.97 Å². The maximum atomic E-state index is 12.2. The fourth-order valence-electron chi connectivity index (χ4n) is 3.01. The summed E-state index contributed by atoms with van der Waals surface area (Å²) in [5, 5.41) is 0.501. The third kappa shape index (κ3) is 4.58. The average Bonchev–Trinajstić information content (AvgIpc) is 3.03. The number of anilines is 1. The van der Waals surface area contributed by atoms with E-state index >= 15 is 0 Å². The zero-order valence-corrected chi connectivity index (χ0v) is 16.4. The molecule has 0 radical (unpaired) electrons. The van der Waals surface area contributed by atoms with Crippen LogP contribution in [0.4, 0.5) is 5.69 Å². The van der Waals surface area contributed by atoms with E-state index in [-0.39, 0.29) is 11.6 Å². The molecular formula is C22H23ClN2O2. The quantitative estimate of drug-likeness (QED) is 0.481. The molecule has 0 amide bonds. The Bertz CT molecular complexity index is 866. The first kappa shape index (κ1) is 19.2. The van der Waals surface area contributed by atoms with Crippen LogP contribution in [-0.2, 0) is 9.53 Å². The van der Waals surface area contributed by atoms with Crippen molar-refractivity contribution < 1.29 is 9.53 Å². The van der Waals surface area contributed by atoms with Crippen molar-refractivity contribution in [2.75, 3.05) is 18.0 Å². The first-order chi connectivity index (χ1) is 13.1. The van der Waals surface area contributed by atoms with Crippen LogP contribution in [0.1, 0.15) is 37.8 Å². The van der Waals surface area contributed by atoms with Crippen molar-refractivity contribution in [1.82, 2.24) is 0 Å². The van der Waals surface area contributed by atoms with Gasteiger partial charge in [-0.05, 0) is 48.7 Å². The lowest BCUT2D eigenvalue weighted by atomic mass is 10.1. The summed E-state index contributed by atoms with van der Waals surface area (Å²) in [7, 11) is 0. The second-order valence-electron chi connectivity index (χ2n) is 6.39. The molecule has 2 aromatic rings. The minimum atomic E-state index is -0.465. The summed E-state index contributed by atoms with van der Waals surface area (Å²) in [5.41, 5.74) is 2.98. The number of carbonyl (C=O) groups is 1. The molecule has 0 fully saturated rings. The number of hydrogen-bond donors (Lipinski definition) is 0. The highest BCUT2D eigenvalue weighted by atomic mass is 35.5. The fourth-order valence-corrected chi connectivity index (χ4v) is 3.22. The molecule has 140 valence electrons. The van der Waals surface area contributed by atoms with E-state index in [0.717, 1.165) is 31.5 Å². The maximum absolute atomic E-state index is 12.2. The van der Waals surface area contributed by atoms with Crippen LogP contribution >= 0.6 is 11.6 Å². The predicted octanol–water partition coefficient (Wildman–Crippen LogP) is 5.31. The topological polar surface area (TPSA) is 41.9 Å². The largest absolute Gasteiger partial charge is 0.402 e. The standard InChI is InChI=1S/C22H23ClN2O2/c1-3-13-25(14-4-2)17-11-9-16(10-12-17)15-20-22(26)27-21(24-20)18-7-5-6-8-19(18)23/h5-12,15H,3-4,13-14H2,1-2H3/b20-15+. The molecule has 4 nitrogen and oxygen atoms in total. The fraction of sp³-hybridized carbons (Fsp3) is 0.273. The number of benzene rings is 2. The van der Waals surface area contributed by atoms with E-state index in [0.29, 0.717) is 10.6 Å². The molecule has 0 spiro atoms. The molecule has 0 unspecified atom stereocenters. The number of esters is 1. The van der Waals surface area contributed by atoms with Gasteiger partial charge in [-0.15, -0.1) is 0 Å². The molecule has 3 rings (SSSR count). The monoisotopic (exact) mass is 382 g/mol. The highest BCUT2D eigenvalue weighted by Gasteiger charge is 2.25. The van der Waals surface area contributed by atoms with Gasteiger partial charge in [0, 0.05) is 18.8 Å². The van der Waals surface area contributed by atoms with Gasteiger partial charge in [0.1, 0.15) is 0 Å². The minimum absolute atomic E-state index is 0.241. The van der Waals surface area contributed by atoms with E-state index in [1.807, 2.05) is 24.3 Å². The highest BCUT2D eigenvalue weighted by molar-refractivity contribution is 6.34. The van der Waals surface area contributed by atoms with Crippen molar-refractivity contribution in [3.8, 4) is 0 Å². The second-order valence-corrected chi connectivity index (χ2v) is 6.80. The Morgan fingerprint density at radius 3 is 2.33 bits per heavy atom. The molecule has 0 saturated heterocycles. The first-order valence-electron chi connectivity index (χ1n) is 9.24. The summed E-state index contributed by atoms with van der Waals surface area (Å²) < 4.78 is 5.29. The van der Waals surface area contributed by atoms with Crippen molar-refractivity contribution >= 4 is 35.2 Å². The molecule has 1 aliphatic rings. The average molecular weight is 383 g/mol. The minimum Gasteiger partial charge on any atom is -0.402 e. The lowest BCUT2D eigenvalue weighted by Gasteiger charge is -2.23. The SMILES string of the molecule is CCCN(CCC)c1ccc(/C=C2/N=C(c3ccccc3Cl)OC2=O)cc1. The Morgan fingerprint density at radius 2 is 1.70 bits per heavy atom. The maximum Gasteiger partial charge on any atom is 0.363 e. The van der Waals surface area contributed by atoms with Crippen molar-refractivity contribution in [2.45, 2.75) is 26.7 Å². The van der Waals surface area contributed by atoms with E-state index in [2.05, 4.69) is 35.9 Å². The number of carbonyl (C=O) groups excluding carboxylic acids is 1. The molecule has 0 bridgehead atoms. The van der Waals surface area contributed by atoms with Crippen LogP contribution in [0.2, 0.25) is 5.02 Å². The Kier molecular flexibility index (Phi) is 6.30. The Labute approximate surface area is 165 Å². The molecule has 0 N–H and O–H groups in total. The zero-order chi connectivity index (χ0) is 19.2. The number of nitrogens with zero attached hydrogens (tertiary/aromatic N) is 2. The number of halogens is 1. The van der Waals surface area contributed by atoms with E-state index in [4.69, 9.17) is 16.3 Å². The van der Waals surface area contributed by atoms with Crippen molar-refractivity contribution in [2.24, 2.45) is 4.99 Å². The van der Waals surface area contributed by atoms with Crippen molar-refractivity contribution in [1.29, 1.82) is 0 Å². The van der Waals surface area contributed by atoms with Crippen LogP contribution in [0.5, 0.6) is 0 Å². The van der Waals surface area contributed by atoms with E-state index in [9.17, 15) is 4.79 Å². The van der Waals surface area contributed by atoms with Gasteiger partial charge in [-0.2, -0.15) is 0 Å². The smallest absolute Gasteiger partial charge is 0.363 e. The predicted molar refractivity (Wildman–Crippen MR) is 111 cm³/mol. The summed E-state index contributed by atoms with van der Waals surface area (Å²) in [6.07, 6.45) is 3.95. The van der Waals surface area contributed by atoms with Gasteiger partial charge in [-0.3, -0.25) is 0 Å². The van der Waals surface area contributed by atoms with Gasteiger partial charge in [0.05, 0.1) is 10.6 Å². The molecule has 2 aromatic carbocycles. The summed E-state index contributed by atoms with van der Waals surface area (Å²) in [6.45, 7) is 6.43. The highest BCUT2D eigenvalue weighted by Crippen LogP contribution is 2.24. The van der Waals surface area contributed by atoms with Crippen LogP contribution in [0.25, 0.3) is 6.08 Å². The van der Waals surface area contributed by atoms with E-state index in [1.165, 1.54) is 5.69 Å². The van der Waals surface area contributed by atoms with Gasteiger partial charge in [-0.25, -0.2) is 9.79 Å². The van der Waals surface area contributed by atoms with Gasteiger partial charge in [-0.1, -0.05) is 49.7 Å². The number of aliphatic imine (C=N–C) groups is 1. The van der Waals surface area contributed by atoms with Gasteiger partial charge >= 0.3 is 5.97 Å². The summed E-state index contributed by atoms with van der Waals surface area (Å²) in [4.78, 5) is 18.9. The number of rotatable bonds is 7. The number of hydrogen-bond acceptors (Lipinski definition) is 4. The van der Waals surface area contributed by atoms with Crippen LogP contribution < -0.4 is 4.90 Å². The van der Waals surface area contributed by atoms with Crippen LogP contribution in [0, 0.1) is 0 Å². The molecule has 27 heavy (non-hydrogen) atoms. The second kappa shape index (κ2) is 8.87. The van der Waals surface area contributed by atoms with Gasteiger partial charge < -0.3 is 9.64 Å². The van der Waals surface area contributed by atoms with Crippen LogP contribution in [0.3, 0.4) is 0 Å². The molecule has 0 saturated carbocycles. The van der Waals surface area contributed by atoms with Gasteiger partial charge in [0.25, 0.3) is 0 Å². The summed E-state index contributed by atoms with van der Waals surface area (Å²) in [5.74, 6) is -0.224. The summed E-state index contributed by atoms with van der Waals surface area (Å²) in [6, 6.07) is 15.3. The Morgan fingerprint density at radius 1 is 1.04 bits per heavy atom. The zero-order valence-electron chi connectivity index (χ0n) is 15.6. The molecule has 1 aliphatic heterocycles.